The number of furan rings is 1. The van der Waals surface area contributed by atoms with Gasteiger partial charge in [0.05, 0.1) is 22.8 Å². The first kappa shape index (κ1) is 18.8. The number of thiophene rings is 1. The van der Waals surface area contributed by atoms with Crippen molar-refractivity contribution in [3.05, 3.63) is 70.5 Å². The number of fused-ring (bicyclic) bond motifs is 1. The second kappa shape index (κ2) is 7.46. The molecular weight excluding hydrogens is 418 g/mol. The van der Waals surface area contributed by atoms with Crippen LogP contribution < -0.4 is 10.0 Å². The van der Waals surface area contributed by atoms with E-state index in [1.165, 1.54) is 0 Å². The Labute approximate surface area is 171 Å². The number of halogens is 1. The van der Waals surface area contributed by atoms with Crippen molar-refractivity contribution in [3.63, 3.8) is 0 Å². The van der Waals surface area contributed by atoms with Gasteiger partial charge in [-0.15, -0.1) is 11.3 Å². The summed E-state index contributed by atoms with van der Waals surface area (Å²) in [5, 5.41) is 5.74. The zero-order valence-corrected chi connectivity index (χ0v) is 17.2. The van der Waals surface area contributed by atoms with Gasteiger partial charge in [0.25, 0.3) is 10.0 Å². The van der Waals surface area contributed by atoms with Gasteiger partial charge in [0.2, 0.25) is 0 Å². The van der Waals surface area contributed by atoms with Crippen molar-refractivity contribution >= 4 is 55.4 Å². The number of pyridine rings is 1. The largest absolute Gasteiger partial charge is 0.465 e. The van der Waals surface area contributed by atoms with Gasteiger partial charge in [-0.3, -0.25) is 4.72 Å². The highest BCUT2D eigenvalue weighted by atomic mass is 35.5. The molecule has 3 aromatic heterocycles. The number of hydrogen-bond acceptors (Lipinski definition) is 6. The summed E-state index contributed by atoms with van der Waals surface area (Å²) in [6, 6.07) is 14.3. The van der Waals surface area contributed by atoms with Crippen molar-refractivity contribution in [1.29, 1.82) is 0 Å². The Morgan fingerprint density at radius 1 is 1.14 bits per heavy atom. The Morgan fingerprint density at radius 2 is 2.00 bits per heavy atom. The van der Waals surface area contributed by atoms with Crippen molar-refractivity contribution in [2.75, 3.05) is 10.0 Å². The van der Waals surface area contributed by atoms with Crippen molar-refractivity contribution in [2.45, 2.75) is 17.7 Å². The summed E-state index contributed by atoms with van der Waals surface area (Å²) < 4.78 is 33.5. The third-order valence-electron chi connectivity index (χ3n) is 4.04. The lowest BCUT2D eigenvalue weighted by Gasteiger charge is -2.11. The van der Waals surface area contributed by atoms with E-state index in [1.54, 1.807) is 29.6 Å². The summed E-state index contributed by atoms with van der Waals surface area (Å²) in [6.45, 7) is 2.40. The van der Waals surface area contributed by atoms with E-state index in [-0.39, 0.29) is 9.23 Å². The van der Waals surface area contributed by atoms with Gasteiger partial charge >= 0.3 is 0 Å². The van der Waals surface area contributed by atoms with Gasteiger partial charge < -0.3 is 9.73 Å². The summed E-state index contributed by atoms with van der Waals surface area (Å²) in [6.07, 6.45) is 0. The smallest absolute Gasteiger partial charge is 0.272 e. The van der Waals surface area contributed by atoms with Crippen molar-refractivity contribution in [3.8, 4) is 0 Å². The van der Waals surface area contributed by atoms with Crippen LogP contribution in [0.25, 0.3) is 10.9 Å². The van der Waals surface area contributed by atoms with Crippen LogP contribution in [0.3, 0.4) is 0 Å². The first-order valence-electron chi connectivity index (χ1n) is 8.37. The molecule has 0 fully saturated rings. The number of nitrogens with one attached hydrogen (secondary N) is 2. The zero-order valence-electron chi connectivity index (χ0n) is 14.8. The second-order valence-electron chi connectivity index (χ2n) is 6.10. The molecule has 4 aromatic rings. The Kier molecular flexibility index (Phi) is 5.01. The molecule has 0 bridgehead atoms. The van der Waals surface area contributed by atoms with Gasteiger partial charge in [0, 0.05) is 5.39 Å². The minimum atomic E-state index is -3.77. The molecule has 0 atom stereocenters. The van der Waals surface area contributed by atoms with Crippen molar-refractivity contribution < 1.29 is 12.8 Å². The summed E-state index contributed by atoms with van der Waals surface area (Å²) in [7, 11) is -3.77. The van der Waals surface area contributed by atoms with Crippen LogP contribution >= 0.6 is 22.9 Å². The highest BCUT2D eigenvalue weighted by molar-refractivity contribution is 7.94. The molecule has 0 amide bonds. The molecule has 0 aliphatic rings. The van der Waals surface area contributed by atoms with Gasteiger partial charge in [0.1, 0.15) is 17.3 Å². The molecule has 4 rings (SSSR count). The monoisotopic (exact) mass is 433 g/mol. The van der Waals surface area contributed by atoms with Crippen LogP contribution in [0.5, 0.6) is 0 Å². The van der Waals surface area contributed by atoms with E-state index in [0.717, 1.165) is 22.9 Å². The molecule has 2 N–H and O–H groups in total. The predicted molar refractivity (Wildman–Crippen MR) is 113 cm³/mol. The van der Waals surface area contributed by atoms with Crippen molar-refractivity contribution in [1.82, 2.24) is 4.98 Å². The average molecular weight is 434 g/mol. The van der Waals surface area contributed by atoms with Crippen LogP contribution in [0.2, 0.25) is 5.02 Å². The number of nitrogens with zero attached hydrogens (tertiary/aromatic N) is 1. The van der Waals surface area contributed by atoms with Gasteiger partial charge in [-0.2, -0.15) is 0 Å². The van der Waals surface area contributed by atoms with Crippen LogP contribution in [0.4, 0.5) is 11.5 Å². The second-order valence-corrected chi connectivity index (χ2v) is 9.30. The molecule has 0 spiro atoms. The van der Waals surface area contributed by atoms with Crippen LogP contribution in [-0.2, 0) is 16.6 Å². The Bertz CT molecular complexity index is 1250. The number of sulfonamides is 1. The number of hydrogen-bond donors (Lipinski definition) is 2. The molecule has 0 saturated heterocycles. The van der Waals surface area contributed by atoms with E-state index in [2.05, 4.69) is 15.0 Å². The summed E-state index contributed by atoms with van der Waals surface area (Å²) in [5.74, 6) is 2.34. The fraction of sp³-hybridized carbons (Fsp3) is 0.105. The summed E-state index contributed by atoms with van der Waals surface area (Å²) in [5.41, 5.74) is 1.11. The SMILES string of the molecule is Cc1ccc(CNc2ccc3c(NS(=O)(=O)c4sccc4Cl)cccc3n2)o1. The lowest BCUT2D eigenvalue weighted by atomic mass is 10.2. The van der Waals surface area contributed by atoms with E-state index in [0.29, 0.717) is 29.0 Å². The van der Waals surface area contributed by atoms with Gasteiger partial charge in [-0.1, -0.05) is 17.7 Å². The molecule has 9 heteroatoms. The fourth-order valence-corrected chi connectivity index (χ4v) is 5.53. The van der Waals surface area contributed by atoms with E-state index in [9.17, 15) is 8.42 Å². The maximum absolute atomic E-state index is 12.6. The van der Waals surface area contributed by atoms with Gasteiger partial charge in [-0.25, -0.2) is 13.4 Å². The molecule has 6 nitrogen and oxygen atoms in total. The molecule has 0 unspecified atom stereocenters. The summed E-state index contributed by atoms with van der Waals surface area (Å²) in [4.78, 5) is 4.56. The molecule has 144 valence electrons. The molecule has 0 aliphatic heterocycles. The highest BCUT2D eigenvalue weighted by Crippen LogP contribution is 2.31. The number of anilines is 2. The normalized spacial score (nSPS) is 11.6. The van der Waals surface area contributed by atoms with Crippen LogP contribution in [0, 0.1) is 6.92 Å². The Morgan fingerprint density at radius 3 is 2.71 bits per heavy atom. The Balaban J connectivity index is 1.59. The van der Waals surface area contributed by atoms with E-state index in [1.807, 2.05) is 31.2 Å². The topological polar surface area (TPSA) is 84.2 Å². The fourth-order valence-electron chi connectivity index (χ4n) is 2.76. The predicted octanol–water partition coefficient (Wildman–Crippen LogP) is 5.26. The quantitative estimate of drug-likeness (QED) is 0.433. The third kappa shape index (κ3) is 3.84. The lowest BCUT2D eigenvalue weighted by molar-refractivity contribution is 0.490. The van der Waals surface area contributed by atoms with Gasteiger partial charge in [0.15, 0.2) is 4.21 Å². The molecule has 0 saturated carbocycles. The minimum absolute atomic E-state index is 0.0890. The van der Waals surface area contributed by atoms with Crippen LogP contribution in [0.15, 0.2) is 62.5 Å². The van der Waals surface area contributed by atoms with E-state index < -0.39 is 10.0 Å². The molecule has 0 radical (unpaired) electrons. The minimum Gasteiger partial charge on any atom is -0.465 e. The standard InChI is InChI=1S/C19H16ClN3O3S2/c1-12-5-6-13(26-12)11-21-18-8-7-14-16(22-18)3-2-4-17(14)23-28(24,25)19-15(20)9-10-27-19/h2-10,23H,11H2,1H3,(H,21,22). The number of rotatable bonds is 6. The molecule has 0 aliphatic carbocycles. The third-order valence-corrected chi connectivity index (χ3v) is 7.43. The van der Waals surface area contributed by atoms with Crippen LogP contribution in [-0.4, -0.2) is 13.4 Å². The maximum Gasteiger partial charge on any atom is 0.272 e. The lowest BCUT2D eigenvalue weighted by Crippen LogP contribution is -2.12. The van der Waals surface area contributed by atoms with E-state index in [4.69, 9.17) is 16.0 Å². The highest BCUT2D eigenvalue weighted by Gasteiger charge is 2.20. The maximum atomic E-state index is 12.6. The Hall–Kier alpha value is -2.55. The van der Waals surface area contributed by atoms with E-state index >= 15 is 0 Å². The average Bonchev–Trinajstić information content (AvgIpc) is 3.28. The van der Waals surface area contributed by atoms with Crippen LogP contribution in [0.1, 0.15) is 11.5 Å². The zero-order chi connectivity index (χ0) is 19.7. The number of benzene rings is 1. The number of aryl methyl sites for hydroxylation is 1. The molecule has 3 heterocycles. The van der Waals surface area contributed by atoms with Crippen molar-refractivity contribution in [2.24, 2.45) is 0 Å². The number of aromatic nitrogens is 1. The first-order valence-corrected chi connectivity index (χ1v) is 11.1. The molecule has 1 aromatic carbocycles. The van der Waals surface area contributed by atoms with Gasteiger partial charge in [-0.05, 0) is 54.8 Å². The molecular formula is C19H16ClN3O3S2. The first-order chi connectivity index (χ1) is 13.4. The molecule has 28 heavy (non-hydrogen) atoms. The summed E-state index contributed by atoms with van der Waals surface area (Å²) >= 11 is 7.05.